The Morgan fingerprint density at radius 1 is 1.18 bits per heavy atom. The number of hydrogen-bond acceptors (Lipinski definition) is 3. The molecule has 0 heterocycles. The van der Waals surface area contributed by atoms with Crippen molar-refractivity contribution in [2.24, 2.45) is 11.8 Å². The standard InChI is InChI=1S/C13H24N2O2/c16-9-11-3-1-2-10(11)8-15-13(17)6-7-14-12-4-5-12/h10-12,14,16H,1-9H2,(H,15,17). The lowest BCUT2D eigenvalue weighted by molar-refractivity contribution is -0.121. The van der Waals surface area contributed by atoms with Crippen LogP contribution in [0.4, 0.5) is 0 Å². The smallest absolute Gasteiger partial charge is 0.221 e. The number of aliphatic hydroxyl groups excluding tert-OH is 1. The molecular formula is C13H24N2O2. The normalized spacial score (nSPS) is 28.3. The van der Waals surface area contributed by atoms with E-state index in [-0.39, 0.29) is 12.5 Å². The van der Waals surface area contributed by atoms with E-state index in [1.165, 1.54) is 19.3 Å². The first-order chi connectivity index (χ1) is 8.29. The van der Waals surface area contributed by atoms with Gasteiger partial charge in [0.05, 0.1) is 0 Å². The highest BCUT2D eigenvalue weighted by Crippen LogP contribution is 2.30. The highest BCUT2D eigenvalue weighted by Gasteiger charge is 2.26. The number of carbonyl (C=O) groups is 1. The molecule has 1 amide bonds. The van der Waals surface area contributed by atoms with E-state index in [0.29, 0.717) is 24.3 Å². The van der Waals surface area contributed by atoms with Gasteiger partial charge in [-0.25, -0.2) is 0 Å². The first kappa shape index (κ1) is 12.8. The molecule has 17 heavy (non-hydrogen) atoms. The molecule has 2 rings (SSSR count). The zero-order chi connectivity index (χ0) is 12.1. The van der Waals surface area contributed by atoms with Crippen molar-refractivity contribution in [3.05, 3.63) is 0 Å². The van der Waals surface area contributed by atoms with Gasteiger partial charge in [0, 0.05) is 32.2 Å². The van der Waals surface area contributed by atoms with Crippen LogP contribution in [-0.2, 0) is 4.79 Å². The van der Waals surface area contributed by atoms with Crippen molar-refractivity contribution in [1.82, 2.24) is 10.6 Å². The van der Waals surface area contributed by atoms with E-state index in [0.717, 1.165) is 25.9 Å². The molecule has 2 unspecified atom stereocenters. The fraction of sp³-hybridized carbons (Fsp3) is 0.923. The van der Waals surface area contributed by atoms with Crippen LogP contribution in [0.3, 0.4) is 0 Å². The number of hydrogen-bond donors (Lipinski definition) is 3. The van der Waals surface area contributed by atoms with Crippen LogP contribution in [0.1, 0.15) is 38.5 Å². The molecule has 2 aliphatic rings. The lowest BCUT2D eigenvalue weighted by atomic mass is 9.97. The van der Waals surface area contributed by atoms with E-state index < -0.39 is 0 Å². The fourth-order valence-corrected chi connectivity index (χ4v) is 2.63. The summed E-state index contributed by atoms with van der Waals surface area (Å²) >= 11 is 0. The van der Waals surface area contributed by atoms with Gasteiger partial charge < -0.3 is 15.7 Å². The summed E-state index contributed by atoms with van der Waals surface area (Å²) < 4.78 is 0. The van der Waals surface area contributed by atoms with Crippen molar-refractivity contribution < 1.29 is 9.90 Å². The lowest BCUT2D eigenvalue weighted by Crippen LogP contribution is -2.33. The Labute approximate surface area is 103 Å². The molecule has 2 saturated carbocycles. The van der Waals surface area contributed by atoms with Crippen molar-refractivity contribution in [2.45, 2.75) is 44.6 Å². The van der Waals surface area contributed by atoms with Gasteiger partial charge in [-0.1, -0.05) is 6.42 Å². The number of nitrogens with one attached hydrogen (secondary N) is 2. The Hall–Kier alpha value is -0.610. The highest BCUT2D eigenvalue weighted by molar-refractivity contribution is 5.76. The SMILES string of the molecule is O=C(CCNC1CC1)NCC1CCCC1CO. The van der Waals surface area contributed by atoms with E-state index in [2.05, 4.69) is 10.6 Å². The third-order valence-electron chi connectivity index (χ3n) is 3.97. The van der Waals surface area contributed by atoms with Crippen LogP contribution in [0.15, 0.2) is 0 Å². The average molecular weight is 240 g/mol. The van der Waals surface area contributed by atoms with Gasteiger partial charge in [0.1, 0.15) is 0 Å². The number of carbonyl (C=O) groups excluding carboxylic acids is 1. The molecule has 3 N–H and O–H groups in total. The van der Waals surface area contributed by atoms with Crippen LogP contribution in [0, 0.1) is 11.8 Å². The number of aliphatic hydroxyl groups is 1. The maximum atomic E-state index is 11.6. The van der Waals surface area contributed by atoms with Gasteiger partial charge in [-0.05, 0) is 37.5 Å². The lowest BCUT2D eigenvalue weighted by Gasteiger charge is -2.17. The van der Waals surface area contributed by atoms with E-state index >= 15 is 0 Å². The second-order valence-corrected chi connectivity index (χ2v) is 5.42. The Morgan fingerprint density at radius 3 is 2.65 bits per heavy atom. The topological polar surface area (TPSA) is 61.4 Å². The third-order valence-corrected chi connectivity index (χ3v) is 3.97. The second kappa shape index (κ2) is 6.36. The van der Waals surface area contributed by atoms with Gasteiger partial charge >= 0.3 is 0 Å². The molecule has 4 nitrogen and oxygen atoms in total. The summed E-state index contributed by atoms with van der Waals surface area (Å²) in [6, 6.07) is 0.677. The van der Waals surface area contributed by atoms with Gasteiger partial charge in [-0.3, -0.25) is 4.79 Å². The summed E-state index contributed by atoms with van der Waals surface area (Å²) in [5.41, 5.74) is 0. The van der Waals surface area contributed by atoms with Gasteiger partial charge in [0.25, 0.3) is 0 Å². The van der Waals surface area contributed by atoms with Gasteiger partial charge in [0.2, 0.25) is 5.91 Å². The summed E-state index contributed by atoms with van der Waals surface area (Å²) in [6.45, 7) is 1.81. The predicted molar refractivity (Wildman–Crippen MR) is 66.6 cm³/mol. The number of rotatable bonds is 7. The van der Waals surface area contributed by atoms with Crippen LogP contribution < -0.4 is 10.6 Å². The van der Waals surface area contributed by atoms with E-state index in [1.807, 2.05) is 0 Å². The first-order valence-corrected chi connectivity index (χ1v) is 6.90. The summed E-state index contributed by atoms with van der Waals surface area (Å²) in [7, 11) is 0. The van der Waals surface area contributed by atoms with Crippen LogP contribution >= 0.6 is 0 Å². The van der Waals surface area contributed by atoms with Crippen molar-refractivity contribution in [3.8, 4) is 0 Å². The first-order valence-electron chi connectivity index (χ1n) is 6.90. The molecular weight excluding hydrogens is 216 g/mol. The predicted octanol–water partition coefficient (Wildman–Crippen LogP) is 0.653. The van der Waals surface area contributed by atoms with E-state index in [4.69, 9.17) is 0 Å². The number of amides is 1. The van der Waals surface area contributed by atoms with Crippen molar-refractivity contribution in [3.63, 3.8) is 0 Å². The molecule has 4 heteroatoms. The van der Waals surface area contributed by atoms with Crippen LogP contribution in [0.5, 0.6) is 0 Å². The zero-order valence-corrected chi connectivity index (χ0v) is 10.5. The van der Waals surface area contributed by atoms with Crippen molar-refractivity contribution >= 4 is 5.91 Å². The Morgan fingerprint density at radius 2 is 1.94 bits per heavy atom. The highest BCUT2D eigenvalue weighted by atomic mass is 16.3. The average Bonchev–Trinajstić information content (AvgIpc) is 3.03. The minimum absolute atomic E-state index is 0.140. The summed E-state index contributed by atoms with van der Waals surface area (Å²) in [6.07, 6.45) is 6.55. The van der Waals surface area contributed by atoms with Gasteiger partial charge in [-0.15, -0.1) is 0 Å². The molecule has 0 spiro atoms. The molecule has 2 aliphatic carbocycles. The molecule has 0 aliphatic heterocycles. The quantitative estimate of drug-likeness (QED) is 0.612. The van der Waals surface area contributed by atoms with Crippen LogP contribution in [0.25, 0.3) is 0 Å². The Bertz CT molecular complexity index is 254. The van der Waals surface area contributed by atoms with E-state index in [9.17, 15) is 9.90 Å². The molecule has 0 aromatic rings. The second-order valence-electron chi connectivity index (χ2n) is 5.42. The van der Waals surface area contributed by atoms with Crippen LogP contribution in [-0.4, -0.2) is 36.8 Å². The molecule has 0 aromatic heterocycles. The van der Waals surface area contributed by atoms with Gasteiger partial charge in [-0.2, -0.15) is 0 Å². The molecule has 2 fully saturated rings. The fourth-order valence-electron chi connectivity index (χ4n) is 2.63. The summed E-state index contributed by atoms with van der Waals surface area (Å²) in [5.74, 6) is 1.03. The molecule has 2 atom stereocenters. The summed E-state index contributed by atoms with van der Waals surface area (Å²) in [5, 5.41) is 15.5. The Kier molecular flexibility index (Phi) is 4.80. The molecule has 98 valence electrons. The van der Waals surface area contributed by atoms with Crippen LogP contribution in [0.2, 0.25) is 0 Å². The van der Waals surface area contributed by atoms with Crippen molar-refractivity contribution in [2.75, 3.05) is 19.7 Å². The van der Waals surface area contributed by atoms with Crippen molar-refractivity contribution in [1.29, 1.82) is 0 Å². The molecule has 0 aromatic carbocycles. The monoisotopic (exact) mass is 240 g/mol. The van der Waals surface area contributed by atoms with E-state index in [1.54, 1.807) is 0 Å². The third kappa shape index (κ3) is 4.28. The zero-order valence-electron chi connectivity index (χ0n) is 10.5. The Balaban J connectivity index is 1.55. The largest absolute Gasteiger partial charge is 0.396 e. The maximum absolute atomic E-state index is 11.6. The maximum Gasteiger partial charge on any atom is 0.221 e. The molecule has 0 radical (unpaired) electrons. The minimum atomic E-state index is 0.140. The minimum Gasteiger partial charge on any atom is -0.396 e. The molecule has 0 saturated heterocycles. The summed E-state index contributed by atoms with van der Waals surface area (Å²) in [4.78, 5) is 11.6. The molecule has 0 bridgehead atoms. The van der Waals surface area contributed by atoms with Gasteiger partial charge in [0.15, 0.2) is 0 Å².